The second-order valence-electron chi connectivity index (χ2n) is 5.17. The highest BCUT2D eigenvalue weighted by molar-refractivity contribution is 7.89. The quantitative estimate of drug-likeness (QED) is 0.710. The van der Waals surface area contributed by atoms with Gasteiger partial charge in [-0.1, -0.05) is 6.42 Å². The molecule has 0 amide bonds. The van der Waals surface area contributed by atoms with E-state index in [0.29, 0.717) is 0 Å². The van der Waals surface area contributed by atoms with Gasteiger partial charge in [0.05, 0.1) is 5.69 Å². The standard InChI is InChI=1S/C13H19FN2O3S/c14-11-4-5-12(15)13(6-11)20(18,19)16-7-9-2-1-3-10(9)8-17/h4-6,9-10,16-17H,1-3,7-8,15H2. The van der Waals surface area contributed by atoms with E-state index >= 15 is 0 Å². The lowest BCUT2D eigenvalue weighted by molar-refractivity contribution is 0.195. The van der Waals surface area contributed by atoms with E-state index in [1.807, 2.05) is 0 Å². The van der Waals surface area contributed by atoms with Crippen molar-refractivity contribution in [1.29, 1.82) is 0 Å². The molecule has 0 radical (unpaired) electrons. The summed E-state index contributed by atoms with van der Waals surface area (Å²) >= 11 is 0. The number of aliphatic hydroxyl groups is 1. The average Bonchev–Trinajstić information content (AvgIpc) is 2.86. The van der Waals surface area contributed by atoms with Crippen LogP contribution in [-0.4, -0.2) is 26.7 Å². The van der Waals surface area contributed by atoms with Crippen molar-refractivity contribution in [1.82, 2.24) is 4.72 Å². The molecule has 2 atom stereocenters. The summed E-state index contributed by atoms with van der Waals surface area (Å²) in [5, 5.41) is 9.22. The highest BCUT2D eigenvalue weighted by atomic mass is 32.2. The molecule has 0 bridgehead atoms. The number of benzene rings is 1. The maximum atomic E-state index is 13.2. The average molecular weight is 302 g/mol. The maximum absolute atomic E-state index is 13.2. The van der Waals surface area contributed by atoms with Gasteiger partial charge in [0.1, 0.15) is 10.7 Å². The lowest BCUT2D eigenvalue weighted by atomic mass is 9.97. The van der Waals surface area contributed by atoms with E-state index in [2.05, 4.69) is 4.72 Å². The van der Waals surface area contributed by atoms with E-state index in [1.54, 1.807) is 0 Å². The van der Waals surface area contributed by atoms with Crippen LogP contribution in [0.25, 0.3) is 0 Å². The Kier molecular flexibility index (Phi) is 4.62. The minimum atomic E-state index is -3.83. The van der Waals surface area contributed by atoms with Crippen LogP contribution in [0.4, 0.5) is 10.1 Å². The van der Waals surface area contributed by atoms with E-state index in [1.165, 1.54) is 6.07 Å². The number of hydrogen-bond acceptors (Lipinski definition) is 4. The Morgan fingerprint density at radius 1 is 1.35 bits per heavy atom. The second-order valence-corrected chi connectivity index (χ2v) is 6.90. The van der Waals surface area contributed by atoms with Gasteiger partial charge in [0.2, 0.25) is 10.0 Å². The van der Waals surface area contributed by atoms with Gasteiger partial charge in [0.15, 0.2) is 0 Å². The van der Waals surface area contributed by atoms with E-state index in [-0.39, 0.29) is 35.6 Å². The van der Waals surface area contributed by atoms with Crippen molar-refractivity contribution in [2.24, 2.45) is 11.8 Å². The summed E-state index contributed by atoms with van der Waals surface area (Å²) < 4.78 is 39.9. The third-order valence-corrected chi connectivity index (χ3v) is 5.33. The molecular weight excluding hydrogens is 283 g/mol. The first-order valence-electron chi connectivity index (χ1n) is 6.59. The maximum Gasteiger partial charge on any atom is 0.242 e. The van der Waals surface area contributed by atoms with Crippen molar-refractivity contribution >= 4 is 15.7 Å². The van der Waals surface area contributed by atoms with Crippen molar-refractivity contribution in [3.63, 3.8) is 0 Å². The molecule has 4 N–H and O–H groups in total. The summed E-state index contributed by atoms with van der Waals surface area (Å²) in [6.45, 7) is 0.304. The first kappa shape index (κ1) is 15.2. The van der Waals surface area contributed by atoms with Crippen LogP contribution in [0.15, 0.2) is 23.1 Å². The van der Waals surface area contributed by atoms with Gasteiger partial charge in [-0.25, -0.2) is 17.5 Å². The highest BCUT2D eigenvalue weighted by Gasteiger charge is 2.28. The van der Waals surface area contributed by atoms with Gasteiger partial charge in [0.25, 0.3) is 0 Å². The lowest BCUT2D eigenvalue weighted by Gasteiger charge is -2.18. The smallest absolute Gasteiger partial charge is 0.242 e. The number of halogens is 1. The molecule has 1 saturated carbocycles. The van der Waals surface area contributed by atoms with Crippen molar-refractivity contribution in [3.05, 3.63) is 24.0 Å². The van der Waals surface area contributed by atoms with Crippen LogP contribution in [0.2, 0.25) is 0 Å². The number of aliphatic hydroxyl groups excluding tert-OH is 1. The Bertz CT molecular complexity index is 577. The van der Waals surface area contributed by atoms with Crippen molar-refractivity contribution in [2.75, 3.05) is 18.9 Å². The largest absolute Gasteiger partial charge is 0.398 e. The number of nitrogen functional groups attached to an aromatic ring is 1. The number of hydrogen-bond donors (Lipinski definition) is 3. The molecule has 1 aromatic carbocycles. The molecule has 1 aromatic rings. The molecule has 2 unspecified atom stereocenters. The van der Waals surface area contributed by atoms with Crippen LogP contribution >= 0.6 is 0 Å². The SMILES string of the molecule is Nc1ccc(F)cc1S(=O)(=O)NCC1CCCC1CO. The Morgan fingerprint density at radius 3 is 2.75 bits per heavy atom. The van der Waals surface area contributed by atoms with E-state index in [0.717, 1.165) is 31.4 Å². The molecule has 1 aliphatic carbocycles. The summed E-state index contributed by atoms with van der Waals surface area (Å²) in [6, 6.07) is 3.26. The molecule has 20 heavy (non-hydrogen) atoms. The molecule has 0 heterocycles. The summed E-state index contributed by atoms with van der Waals surface area (Å²) in [5.74, 6) is -0.402. The van der Waals surface area contributed by atoms with Crippen LogP contribution in [-0.2, 0) is 10.0 Å². The molecule has 5 nitrogen and oxygen atoms in total. The second kappa shape index (κ2) is 6.07. The van der Waals surface area contributed by atoms with Crippen LogP contribution in [0.5, 0.6) is 0 Å². The molecule has 112 valence electrons. The van der Waals surface area contributed by atoms with Gasteiger partial charge >= 0.3 is 0 Å². The Hall–Kier alpha value is -1.18. The minimum absolute atomic E-state index is 0.0176. The molecule has 7 heteroatoms. The third-order valence-electron chi connectivity index (χ3n) is 3.85. The molecular formula is C13H19FN2O3S. The zero-order valence-electron chi connectivity index (χ0n) is 11.0. The molecule has 0 aromatic heterocycles. The zero-order chi connectivity index (χ0) is 14.8. The van der Waals surface area contributed by atoms with Gasteiger partial charge in [0, 0.05) is 13.2 Å². The molecule has 2 rings (SSSR count). The highest BCUT2D eigenvalue weighted by Crippen LogP contribution is 2.31. The normalized spacial score (nSPS) is 23.1. The van der Waals surface area contributed by atoms with Gasteiger partial charge in [-0.2, -0.15) is 0 Å². The van der Waals surface area contributed by atoms with E-state index < -0.39 is 15.8 Å². The first-order chi connectivity index (χ1) is 9.44. The molecule has 0 spiro atoms. The van der Waals surface area contributed by atoms with Crippen molar-refractivity contribution in [2.45, 2.75) is 24.2 Å². The van der Waals surface area contributed by atoms with Gasteiger partial charge in [-0.15, -0.1) is 0 Å². The van der Waals surface area contributed by atoms with Crippen LogP contribution in [0.3, 0.4) is 0 Å². The van der Waals surface area contributed by atoms with E-state index in [4.69, 9.17) is 5.73 Å². The van der Waals surface area contributed by atoms with Gasteiger partial charge in [-0.05, 0) is 42.9 Å². The van der Waals surface area contributed by atoms with Crippen LogP contribution in [0, 0.1) is 17.7 Å². The van der Waals surface area contributed by atoms with E-state index in [9.17, 15) is 17.9 Å². The summed E-state index contributed by atoms with van der Waals surface area (Å²) in [5.41, 5.74) is 5.60. The summed E-state index contributed by atoms with van der Waals surface area (Å²) in [6.07, 6.45) is 2.77. The zero-order valence-corrected chi connectivity index (χ0v) is 11.9. The third kappa shape index (κ3) is 3.28. The van der Waals surface area contributed by atoms with Crippen LogP contribution < -0.4 is 10.5 Å². The summed E-state index contributed by atoms with van der Waals surface area (Å²) in [7, 11) is -3.83. The fourth-order valence-electron chi connectivity index (χ4n) is 2.66. The summed E-state index contributed by atoms with van der Waals surface area (Å²) in [4.78, 5) is -0.240. The fourth-order valence-corrected chi connectivity index (χ4v) is 3.89. The molecule has 0 saturated heterocycles. The Morgan fingerprint density at radius 2 is 2.05 bits per heavy atom. The van der Waals surface area contributed by atoms with Crippen LogP contribution in [0.1, 0.15) is 19.3 Å². The first-order valence-corrected chi connectivity index (χ1v) is 8.08. The number of nitrogens with two attached hydrogens (primary N) is 1. The Labute approximate surface area is 118 Å². The minimum Gasteiger partial charge on any atom is -0.398 e. The molecule has 0 aliphatic heterocycles. The predicted molar refractivity (Wildman–Crippen MR) is 73.9 cm³/mol. The van der Waals surface area contributed by atoms with Crippen molar-refractivity contribution in [3.8, 4) is 0 Å². The number of rotatable bonds is 5. The lowest BCUT2D eigenvalue weighted by Crippen LogP contribution is -2.32. The number of sulfonamides is 1. The monoisotopic (exact) mass is 302 g/mol. The van der Waals surface area contributed by atoms with Gasteiger partial charge < -0.3 is 10.8 Å². The number of anilines is 1. The Balaban J connectivity index is 2.09. The number of nitrogens with one attached hydrogen (secondary N) is 1. The molecule has 1 fully saturated rings. The fraction of sp³-hybridized carbons (Fsp3) is 0.538. The van der Waals surface area contributed by atoms with Gasteiger partial charge in [-0.3, -0.25) is 0 Å². The molecule has 1 aliphatic rings. The predicted octanol–water partition coefficient (Wildman–Crippen LogP) is 1.09. The van der Waals surface area contributed by atoms with Crippen molar-refractivity contribution < 1.29 is 17.9 Å². The topological polar surface area (TPSA) is 92.4 Å².